The molecule has 2 aromatic carbocycles. The standard InChI is InChI=1S/C26H36O3Si/c1-25(2,3)30(23-12-8-6-9-13-23,24-14-10-7-11-15-24)29-22-16-20-18-27-26(4,5)28-19-21(20)17-22/h6-15,20-22H,16-19H2,1-5H3/t20-,21+,22?. The molecule has 162 valence electrons. The van der Waals surface area contributed by atoms with Crippen LogP contribution >= 0.6 is 0 Å². The molecule has 0 bridgehead atoms. The number of benzene rings is 2. The van der Waals surface area contributed by atoms with Crippen molar-refractivity contribution < 1.29 is 13.9 Å². The molecule has 1 saturated carbocycles. The molecule has 0 radical (unpaired) electrons. The smallest absolute Gasteiger partial charge is 0.261 e. The van der Waals surface area contributed by atoms with Crippen molar-refractivity contribution in [2.24, 2.45) is 11.8 Å². The monoisotopic (exact) mass is 424 g/mol. The molecule has 2 aromatic rings. The lowest BCUT2D eigenvalue weighted by Crippen LogP contribution is -2.67. The maximum atomic E-state index is 7.35. The molecule has 2 aliphatic rings. The molecule has 1 saturated heterocycles. The van der Waals surface area contributed by atoms with Crippen molar-refractivity contribution in [3.05, 3.63) is 60.7 Å². The minimum atomic E-state index is -2.50. The Morgan fingerprint density at radius 2 is 1.23 bits per heavy atom. The van der Waals surface area contributed by atoms with Gasteiger partial charge in [-0.2, -0.15) is 0 Å². The normalized spacial score (nSPS) is 26.8. The topological polar surface area (TPSA) is 27.7 Å². The highest BCUT2D eigenvalue weighted by molar-refractivity contribution is 6.99. The Kier molecular flexibility index (Phi) is 5.97. The first-order chi connectivity index (χ1) is 14.2. The molecule has 0 spiro atoms. The summed E-state index contributed by atoms with van der Waals surface area (Å²) in [6.07, 6.45) is 2.34. The van der Waals surface area contributed by atoms with Crippen LogP contribution in [0.2, 0.25) is 5.04 Å². The van der Waals surface area contributed by atoms with Gasteiger partial charge in [0.05, 0.1) is 13.2 Å². The van der Waals surface area contributed by atoms with Crippen LogP contribution in [0.4, 0.5) is 0 Å². The average molecular weight is 425 g/mol. The molecule has 30 heavy (non-hydrogen) atoms. The lowest BCUT2D eigenvalue weighted by molar-refractivity contribution is -0.204. The molecule has 0 N–H and O–H groups in total. The lowest BCUT2D eigenvalue weighted by Gasteiger charge is -2.44. The third-order valence-corrected chi connectivity index (χ3v) is 11.9. The van der Waals surface area contributed by atoms with Gasteiger partial charge in [0.25, 0.3) is 8.32 Å². The molecule has 4 rings (SSSR count). The fourth-order valence-electron chi connectivity index (χ4n) is 5.26. The van der Waals surface area contributed by atoms with Crippen LogP contribution in [0.1, 0.15) is 47.5 Å². The van der Waals surface area contributed by atoms with Crippen molar-refractivity contribution in [2.75, 3.05) is 13.2 Å². The van der Waals surface area contributed by atoms with Crippen molar-refractivity contribution in [1.29, 1.82) is 0 Å². The quantitative estimate of drug-likeness (QED) is 0.664. The van der Waals surface area contributed by atoms with Crippen LogP contribution < -0.4 is 10.4 Å². The molecular formula is C26H36O3Si. The Labute approximate surface area is 182 Å². The minimum Gasteiger partial charge on any atom is -0.404 e. The zero-order valence-corrected chi connectivity index (χ0v) is 20.1. The van der Waals surface area contributed by atoms with E-state index in [9.17, 15) is 0 Å². The molecule has 1 aliphatic heterocycles. The zero-order valence-electron chi connectivity index (χ0n) is 19.1. The Balaban J connectivity index is 1.68. The first-order valence-electron chi connectivity index (χ1n) is 11.3. The molecule has 0 aromatic heterocycles. The molecule has 4 heteroatoms. The molecule has 3 nitrogen and oxygen atoms in total. The maximum Gasteiger partial charge on any atom is 0.261 e. The minimum absolute atomic E-state index is 0.00928. The van der Waals surface area contributed by atoms with E-state index in [1.165, 1.54) is 10.4 Å². The highest BCUT2D eigenvalue weighted by atomic mass is 28.4. The molecule has 2 fully saturated rings. The van der Waals surface area contributed by atoms with Crippen molar-refractivity contribution in [1.82, 2.24) is 0 Å². The predicted octanol–water partition coefficient (Wildman–Crippen LogP) is 4.74. The maximum absolute atomic E-state index is 7.35. The summed E-state index contributed by atoms with van der Waals surface area (Å²) in [4.78, 5) is 0. The Morgan fingerprint density at radius 3 is 1.63 bits per heavy atom. The van der Waals surface area contributed by atoms with E-state index in [0.717, 1.165) is 26.1 Å². The van der Waals surface area contributed by atoms with Crippen LogP contribution in [-0.2, 0) is 13.9 Å². The van der Waals surface area contributed by atoms with Gasteiger partial charge in [-0.1, -0.05) is 81.4 Å². The highest BCUT2D eigenvalue weighted by Gasteiger charge is 2.53. The van der Waals surface area contributed by atoms with Gasteiger partial charge < -0.3 is 13.9 Å². The number of rotatable bonds is 4. The van der Waals surface area contributed by atoms with Crippen molar-refractivity contribution >= 4 is 18.7 Å². The van der Waals surface area contributed by atoms with Crippen molar-refractivity contribution in [2.45, 2.75) is 64.4 Å². The van der Waals surface area contributed by atoms with Gasteiger partial charge in [-0.3, -0.25) is 0 Å². The second-order valence-electron chi connectivity index (χ2n) is 10.4. The van der Waals surface area contributed by atoms with Crippen molar-refractivity contribution in [3.63, 3.8) is 0 Å². The third-order valence-electron chi connectivity index (χ3n) is 6.85. The second kappa shape index (κ2) is 8.23. The SMILES string of the molecule is CC1(C)OC[C@@H]2CC(O[Si](c3ccccc3)(c3ccccc3)C(C)(C)C)C[C@@H]2CO1. The third kappa shape index (κ3) is 4.15. The van der Waals surface area contributed by atoms with Gasteiger partial charge in [-0.15, -0.1) is 0 Å². The number of ether oxygens (including phenoxy) is 2. The summed E-state index contributed by atoms with van der Waals surface area (Å²) in [7, 11) is -2.50. The van der Waals surface area contributed by atoms with E-state index in [0.29, 0.717) is 11.8 Å². The summed E-state index contributed by atoms with van der Waals surface area (Å²) < 4.78 is 19.5. The summed E-state index contributed by atoms with van der Waals surface area (Å²) >= 11 is 0. The number of hydrogen-bond donors (Lipinski definition) is 0. The van der Waals surface area contributed by atoms with Gasteiger partial charge in [0, 0.05) is 6.10 Å². The largest absolute Gasteiger partial charge is 0.404 e. The van der Waals surface area contributed by atoms with E-state index >= 15 is 0 Å². The average Bonchev–Trinajstić information content (AvgIpc) is 3.05. The number of fused-ring (bicyclic) bond motifs is 1. The van der Waals surface area contributed by atoms with E-state index in [-0.39, 0.29) is 11.1 Å². The lowest BCUT2D eigenvalue weighted by atomic mass is 9.98. The van der Waals surface area contributed by atoms with Gasteiger partial charge in [-0.05, 0) is 53.9 Å². The zero-order chi connectivity index (χ0) is 21.4. The Hall–Kier alpha value is -1.46. The molecule has 1 heterocycles. The van der Waals surface area contributed by atoms with Crippen molar-refractivity contribution in [3.8, 4) is 0 Å². The fraction of sp³-hybridized carbons (Fsp3) is 0.538. The van der Waals surface area contributed by atoms with E-state index in [4.69, 9.17) is 13.9 Å². The van der Waals surface area contributed by atoms with Gasteiger partial charge >= 0.3 is 0 Å². The summed E-state index contributed by atoms with van der Waals surface area (Å²) in [5, 5.41) is 2.71. The molecular weight excluding hydrogens is 388 g/mol. The van der Waals surface area contributed by atoms with Crippen LogP contribution in [0.3, 0.4) is 0 Å². The second-order valence-corrected chi connectivity index (χ2v) is 14.7. The summed E-state index contributed by atoms with van der Waals surface area (Å²) in [5.41, 5.74) is 0. The van der Waals surface area contributed by atoms with Gasteiger partial charge in [-0.25, -0.2) is 0 Å². The molecule has 1 aliphatic carbocycles. The van der Waals surface area contributed by atoms with Crippen LogP contribution in [0, 0.1) is 11.8 Å². The summed E-state index contributed by atoms with van der Waals surface area (Å²) in [5.74, 6) is 0.545. The predicted molar refractivity (Wildman–Crippen MR) is 125 cm³/mol. The van der Waals surface area contributed by atoms with Crippen LogP contribution in [0.15, 0.2) is 60.7 Å². The van der Waals surface area contributed by atoms with Gasteiger partial charge in [0.15, 0.2) is 5.79 Å². The van der Waals surface area contributed by atoms with Gasteiger partial charge in [0.1, 0.15) is 0 Å². The van der Waals surface area contributed by atoms with Crippen LogP contribution in [-0.4, -0.2) is 33.4 Å². The number of hydrogen-bond acceptors (Lipinski definition) is 3. The Bertz CT molecular complexity index is 771. The first kappa shape index (κ1) is 21.8. The Morgan fingerprint density at radius 1 is 0.800 bits per heavy atom. The molecule has 3 atom stereocenters. The summed E-state index contributed by atoms with van der Waals surface area (Å²) in [6.45, 7) is 12.6. The molecule has 0 amide bonds. The van der Waals surface area contributed by atoms with E-state index in [1.54, 1.807) is 0 Å². The van der Waals surface area contributed by atoms with E-state index in [1.807, 2.05) is 13.8 Å². The first-order valence-corrected chi connectivity index (χ1v) is 13.2. The van der Waals surface area contributed by atoms with Gasteiger partial charge in [0.2, 0.25) is 0 Å². The fourth-order valence-corrected chi connectivity index (χ4v) is 9.97. The van der Waals surface area contributed by atoms with Crippen LogP contribution in [0.5, 0.6) is 0 Å². The van der Waals surface area contributed by atoms with E-state index < -0.39 is 14.1 Å². The van der Waals surface area contributed by atoms with Crippen LogP contribution in [0.25, 0.3) is 0 Å². The summed E-state index contributed by atoms with van der Waals surface area (Å²) in [6, 6.07) is 21.9. The molecule has 1 unspecified atom stereocenters. The highest BCUT2D eigenvalue weighted by Crippen LogP contribution is 2.43. The van der Waals surface area contributed by atoms with E-state index in [2.05, 4.69) is 81.4 Å².